The molecule has 0 aromatic heterocycles. The normalized spacial score (nSPS) is 18.7. The number of unbranched alkanes of at least 4 members (excludes halogenated alkanes) is 1. The Labute approximate surface area is 240 Å². The maximum atomic E-state index is 4.46. The third-order valence-electron chi connectivity index (χ3n) is 8.64. The molecule has 0 bridgehead atoms. The molecule has 0 atom stereocenters. The number of benzene rings is 3. The van der Waals surface area contributed by atoms with Crippen LogP contribution in [-0.4, -0.2) is 29.1 Å². The van der Waals surface area contributed by atoms with E-state index in [1.807, 2.05) is 0 Å². The fourth-order valence-corrected chi connectivity index (χ4v) is 6.87. The van der Waals surface area contributed by atoms with E-state index in [9.17, 15) is 0 Å². The minimum Gasteiger partial charge on any atom is -0.344 e. The van der Waals surface area contributed by atoms with Crippen molar-refractivity contribution < 1.29 is 4.58 Å². The molecule has 0 N–H and O–H groups in total. The van der Waals surface area contributed by atoms with Gasteiger partial charge in [-0.1, -0.05) is 74.0 Å². The molecule has 0 amide bonds. The van der Waals surface area contributed by atoms with Crippen LogP contribution in [0.5, 0.6) is 0 Å². The number of fused-ring (bicyclic) bond motifs is 4. The van der Waals surface area contributed by atoms with Crippen LogP contribution in [0.1, 0.15) is 64.2 Å². The van der Waals surface area contributed by atoms with E-state index in [1.54, 1.807) is 0 Å². The highest BCUT2D eigenvalue weighted by Gasteiger charge is 2.45. The summed E-state index contributed by atoms with van der Waals surface area (Å²) in [7, 11) is 0. The summed E-state index contributed by atoms with van der Waals surface area (Å²) in [5.41, 5.74) is 9.51. The van der Waals surface area contributed by atoms with Gasteiger partial charge in [-0.25, -0.2) is 0 Å². The summed E-state index contributed by atoms with van der Waals surface area (Å²) in [5.74, 6) is 0.930. The fourth-order valence-electron chi connectivity index (χ4n) is 6.65. The monoisotopic (exact) mass is 535 g/mol. The maximum absolute atomic E-state index is 4.46. The molecule has 3 aromatic carbocycles. The molecule has 202 valence electrons. The van der Waals surface area contributed by atoms with Gasteiger partial charge in [0.25, 0.3) is 0 Å². The van der Waals surface area contributed by atoms with Crippen LogP contribution in [0.4, 0.5) is 11.4 Å². The van der Waals surface area contributed by atoms with Crippen LogP contribution in [0, 0.1) is 6.92 Å². The minimum atomic E-state index is -0.0775. The Morgan fingerprint density at radius 1 is 0.897 bits per heavy atom. The van der Waals surface area contributed by atoms with Crippen LogP contribution in [-0.2, 0) is 10.8 Å². The van der Waals surface area contributed by atoms with Gasteiger partial charge >= 0.3 is 0 Å². The van der Waals surface area contributed by atoms with Crippen molar-refractivity contribution in [3.63, 3.8) is 0 Å². The predicted molar refractivity (Wildman–Crippen MR) is 173 cm³/mol. The van der Waals surface area contributed by atoms with Crippen molar-refractivity contribution >= 4 is 40.5 Å². The Morgan fingerprint density at radius 2 is 1.69 bits per heavy atom. The van der Waals surface area contributed by atoms with E-state index in [0.717, 1.165) is 31.7 Å². The quantitative estimate of drug-likeness (QED) is 0.131. The van der Waals surface area contributed by atoms with Gasteiger partial charge in [0.1, 0.15) is 6.54 Å². The molecule has 39 heavy (non-hydrogen) atoms. The molecule has 0 radical (unpaired) electrons. The lowest BCUT2D eigenvalue weighted by atomic mass is 9.79. The van der Waals surface area contributed by atoms with Gasteiger partial charge in [-0.3, -0.25) is 0 Å². The molecule has 0 aliphatic carbocycles. The number of anilines is 1. The molecule has 0 unspecified atom stereocenters. The third-order valence-corrected chi connectivity index (χ3v) is 8.95. The zero-order valence-electron chi connectivity index (χ0n) is 24.5. The molecule has 0 saturated carbocycles. The summed E-state index contributed by atoms with van der Waals surface area (Å²) in [6.07, 6.45) is 13.5. The summed E-state index contributed by atoms with van der Waals surface area (Å²) in [5, 5.41) is 2.67. The lowest BCUT2D eigenvalue weighted by Gasteiger charge is -2.25. The van der Waals surface area contributed by atoms with E-state index in [0.29, 0.717) is 0 Å². The van der Waals surface area contributed by atoms with Crippen LogP contribution in [0.25, 0.3) is 10.8 Å². The van der Waals surface area contributed by atoms with Gasteiger partial charge in [0, 0.05) is 47.5 Å². The molecular formula is C36H43N2S+. The molecule has 2 aliphatic rings. The van der Waals surface area contributed by atoms with E-state index in [-0.39, 0.29) is 10.8 Å². The van der Waals surface area contributed by atoms with Crippen molar-refractivity contribution in [2.24, 2.45) is 0 Å². The number of nitrogens with zero attached hydrogens (tertiary/aromatic N) is 2. The topological polar surface area (TPSA) is 6.25 Å². The van der Waals surface area contributed by atoms with Crippen molar-refractivity contribution in [2.45, 2.75) is 65.2 Å². The van der Waals surface area contributed by atoms with Crippen molar-refractivity contribution in [3.8, 4) is 0 Å². The molecule has 2 heterocycles. The van der Waals surface area contributed by atoms with E-state index in [2.05, 4.69) is 149 Å². The van der Waals surface area contributed by atoms with E-state index in [4.69, 9.17) is 0 Å². The molecule has 0 spiro atoms. The van der Waals surface area contributed by atoms with Gasteiger partial charge in [-0.2, -0.15) is 17.2 Å². The summed E-state index contributed by atoms with van der Waals surface area (Å²) in [6, 6.07) is 20.3. The van der Waals surface area contributed by atoms with Crippen LogP contribution >= 0.6 is 12.6 Å². The molecule has 3 heteroatoms. The Balaban J connectivity index is 1.47. The molecule has 5 rings (SSSR count). The Morgan fingerprint density at radius 3 is 2.46 bits per heavy atom. The largest absolute Gasteiger partial charge is 0.344 e. The Hall–Kier alpha value is -3.04. The van der Waals surface area contributed by atoms with Crippen molar-refractivity contribution in [2.75, 3.05) is 23.7 Å². The van der Waals surface area contributed by atoms with Crippen molar-refractivity contribution in [1.82, 2.24) is 0 Å². The standard InChI is InChI=1S/C36H42N2S/c1-7-37-30-21-19-26(2)25-29(30)35(3,4)32(37)17-9-8-10-18-33-36(5,6)34-28-16-12-11-15-27(28)20-22-31(34)38(33)23-13-14-24-39/h8-12,15-22,25H,7,13-14,23-24H2,1-6H3/p+1. The van der Waals surface area contributed by atoms with E-state index in [1.165, 1.54) is 50.2 Å². The molecule has 2 nitrogen and oxygen atoms in total. The maximum Gasteiger partial charge on any atom is 0.210 e. The van der Waals surface area contributed by atoms with Gasteiger partial charge in [0.05, 0.1) is 5.41 Å². The van der Waals surface area contributed by atoms with Gasteiger partial charge in [-0.05, 0) is 74.4 Å². The molecular weight excluding hydrogens is 492 g/mol. The van der Waals surface area contributed by atoms with Crippen LogP contribution in [0.2, 0.25) is 0 Å². The van der Waals surface area contributed by atoms with Gasteiger partial charge in [0.2, 0.25) is 5.69 Å². The molecule has 3 aromatic rings. The fraction of sp³-hybridized carbons (Fsp3) is 0.361. The first-order valence-electron chi connectivity index (χ1n) is 14.4. The number of hydrogen-bond donors (Lipinski definition) is 1. The minimum absolute atomic E-state index is 0.0138. The van der Waals surface area contributed by atoms with Crippen molar-refractivity contribution in [3.05, 3.63) is 107 Å². The number of allylic oxidation sites excluding steroid dienone is 6. The lowest BCUT2D eigenvalue weighted by molar-refractivity contribution is -0.438. The van der Waals surface area contributed by atoms with Crippen molar-refractivity contribution in [1.29, 1.82) is 0 Å². The summed E-state index contributed by atoms with van der Waals surface area (Å²) in [4.78, 5) is 2.46. The number of hydrogen-bond acceptors (Lipinski definition) is 2. The first kappa shape index (κ1) is 27.5. The average molecular weight is 536 g/mol. The number of rotatable bonds is 8. The van der Waals surface area contributed by atoms with Gasteiger partial charge in [-0.15, -0.1) is 0 Å². The first-order valence-corrected chi connectivity index (χ1v) is 15.1. The highest BCUT2D eigenvalue weighted by atomic mass is 32.1. The van der Waals surface area contributed by atoms with Gasteiger partial charge < -0.3 is 4.90 Å². The molecule has 0 saturated heterocycles. The smallest absolute Gasteiger partial charge is 0.210 e. The van der Waals surface area contributed by atoms with Crippen LogP contribution < -0.4 is 4.90 Å². The summed E-state index contributed by atoms with van der Waals surface area (Å²) in [6.45, 7) is 15.8. The molecule has 2 aliphatic heterocycles. The van der Waals surface area contributed by atoms with Crippen LogP contribution in [0.3, 0.4) is 0 Å². The van der Waals surface area contributed by atoms with Gasteiger partial charge in [0.15, 0.2) is 5.71 Å². The highest BCUT2D eigenvalue weighted by molar-refractivity contribution is 7.80. The van der Waals surface area contributed by atoms with E-state index >= 15 is 0 Å². The Bertz CT molecular complexity index is 1520. The Kier molecular flexibility index (Phi) is 7.66. The number of aryl methyl sites for hydroxylation is 1. The molecule has 0 fully saturated rings. The third kappa shape index (κ3) is 4.80. The zero-order valence-corrected chi connectivity index (χ0v) is 25.4. The second-order valence-electron chi connectivity index (χ2n) is 12.0. The second-order valence-corrected chi connectivity index (χ2v) is 12.4. The lowest BCUT2D eigenvalue weighted by Crippen LogP contribution is -2.28. The first-order chi connectivity index (χ1) is 18.7. The number of likely N-dealkylation sites (N-methyl/N-ethyl adjacent to an activating group) is 1. The summed E-state index contributed by atoms with van der Waals surface area (Å²) < 4.78 is 2.55. The highest BCUT2D eigenvalue weighted by Crippen LogP contribution is 2.48. The zero-order chi connectivity index (χ0) is 27.8. The second kappa shape index (κ2) is 10.8. The van der Waals surface area contributed by atoms with E-state index < -0.39 is 0 Å². The average Bonchev–Trinajstić information content (AvgIpc) is 3.27. The predicted octanol–water partition coefficient (Wildman–Crippen LogP) is 9.05. The van der Waals surface area contributed by atoms with Crippen LogP contribution in [0.15, 0.2) is 90.7 Å². The number of thiol groups is 1. The summed E-state index contributed by atoms with van der Waals surface area (Å²) >= 11 is 4.46. The SMILES string of the molecule is CCN1\C(=C/C=C/C=C/C2=[N+](CCCCS)c3ccc4ccccc4c3C2(C)C)C(C)(C)c2cc(C)ccc21.